The van der Waals surface area contributed by atoms with E-state index in [2.05, 4.69) is 4.99 Å². The van der Waals surface area contributed by atoms with Crippen LogP contribution in [0.2, 0.25) is 5.02 Å². The average molecular weight is 456 g/mol. The number of carbonyl (C=O) groups is 1. The van der Waals surface area contributed by atoms with Crippen molar-refractivity contribution in [3.8, 4) is 0 Å². The van der Waals surface area contributed by atoms with E-state index in [0.29, 0.717) is 33.4 Å². The number of benzene rings is 1. The third kappa shape index (κ3) is 3.57. The number of hydrogen-bond acceptors (Lipinski definition) is 5. The number of aromatic nitrogens is 1. The molecule has 1 atom stereocenters. The molecule has 1 amide bonds. The van der Waals surface area contributed by atoms with Crippen LogP contribution in [-0.4, -0.2) is 36.3 Å². The van der Waals surface area contributed by atoms with Crippen LogP contribution in [0.25, 0.3) is 10.2 Å². The fourth-order valence-electron chi connectivity index (χ4n) is 3.35. The Kier molecular flexibility index (Phi) is 5.45. The molecule has 2 aromatic heterocycles. The maximum absolute atomic E-state index is 12.8. The molecule has 0 N–H and O–H groups in total. The topological polar surface area (TPSA) is 71.7 Å². The van der Waals surface area contributed by atoms with Gasteiger partial charge in [-0.25, -0.2) is 8.42 Å². The van der Waals surface area contributed by atoms with Crippen LogP contribution >= 0.6 is 34.3 Å². The molecule has 148 valence electrons. The number of aryl methyl sites for hydroxylation is 1. The first-order chi connectivity index (χ1) is 13.4. The Labute approximate surface area is 175 Å². The van der Waals surface area contributed by atoms with Gasteiger partial charge >= 0.3 is 0 Å². The number of piperidine rings is 1. The summed E-state index contributed by atoms with van der Waals surface area (Å²) in [6.07, 6.45) is 1.27. The van der Waals surface area contributed by atoms with Crippen molar-refractivity contribution in [3.63, 3.8) is 0 Å². The van der Waals surface area contributed by atoms with Crippen molar-refractivity contribution in [2.75, 3.05) is 13.1 Å². The van der Waals surface area contributed by atoms with Gasteiger partial charge in [0.2, 0.25) is 0 Å². The van der Waals surface area contributed by atoms with Crippen molar-refractivity contribution in [2.45, 2.75) is 17.1 Å². The minimum atomic E-state index is -3.55. The van der Waals surface area contributed by atoms with E-state index in [1.165, 1.54) is 27.0 Å². The Morgan fingerprint density at radius 1 is 1.29 bits per heavy atom. The fraction of sp³-hybridized carbons (Fsp3) is 0.333. The van der Waals surface area contributed by atoms with E-state index in [1.807, 2.05) is 23.7 Å². The Bertz CT molecular complexity index is 1200. The second-order valence-electron chi connectivity index (χ2n) is 6.61. The summed E-state index contributed by atoms with van der Waals surface area (Å²) >= 11 is 8.85. The molecule has 0 bridgehead atoms. The predicted octanol–water partition coefficient (Wildman–Crippen LogP) is 3.48. The van der Waals surface area contributed by atoms with Crippen LogP contribution in [0.5, 0.6) is 0 Å². The standard InChI is InChI=1S/C18H18ClN3O3S3/c1-21-16-13(19)6-2-7-14(16)27-18(21)20-17(23)12-5-3-9-22(11-12)28(24,25)15-8-4-10-26-15/h2,4,6-8,10,12H,3,5,9,11H2,1H3. The van der Waals surface area contributed by atoms with Gasteiger partial charge in [-0.15, -0.1) is 11.3 Å². The Morgan fingerprint density at radius 3 is 2.82 bits per heavy atom. The summed E-state index contributed by atoms with van der Waals surface area (Å²) in [7, 11) is -1.73. The van der Waals surface area contributed by atoms with Gasteiger partial charge in [0.15, 0.2) is 4.80 Å². The van der Waals surface area contributed by atoms with Gasteiger partial charge in [0.05, 0.1) is 21.2 Å². The Hall–Kier alpha value is -1.52. The van der Waals surface area contributed by atoms with E-state index in [1.54, 1.807) is 23.6 Å². The zero-order valence-corrected chi connectivity index (χ0v) is 18.2. The molecule has 3 heterocycles. The lowest BCUT2D eigenvalue weighted by Crippen LogP contribution is -2.42. The van der Waals surface area contributed by atoms with Crippen molar-refractivity contribution >= 4 is 60.4 Å². The smallest absolute Gasteiger partial charge is 0.252 e. The summed E-state index contributed by atoms with van der Waals surface area (Å²) < 4.78 is 30.0. The van der Waals surface area contributed by atoms with E-state index in [4.69, 9.17) is 11.6 Å². The lowest BCUT2D eigenvalue weighted by atomic mass is 9.99. The minimum absolute atomic E-state index is 0.165. The Balaban J connectivity index is 1.61. The van der Waals surface area contributed by atoms with Crippen LogP contribution in [-0.2, 0) is 21.9 Å². The molecule has 3 aromatic rings. The number of fused-ring (bicyclic) bond motifs is 1. The summed E-state index contributed by atoms with van der Waals surface area (Å²) in [5, 5.41) is 2.34. The Morgan fingerprint density at radius 2 is 2.11 bits per heavy atom. The molecule has 0 saturated carbocycles. The molecule has 28 heavy (non-hydrogen) atoms. The number of halogens is 1. The lowest BCUT2D eigenvalue weighted by molar-refractivity contribution is -0.122. The van der Waals surface area contributed by atoms with Crippen LogP contribution in [0.3, 0.4) is 0 Å². The summed E-state index contributed by atoms with van der Waals surface area (Å²) in [6, 6.07) is 8.91. The van der Waals surface area contributed by atoms with Gasteiger partial charge in [0.25, 0.3) is 15.9 Å². The van der Waals surface area contributed by atoms with Crippen LogP contribution in [0, 0.1) is 5.92 Å². The van der Waals surface area contributed by atoms with Crippen LogP contribution in [0.15, 0.2) is 44.9 Å². The molecular weight excluding hydrogens is 438 g/mol. The number of carbonyl (C=O) groups excluding carboxylic acids is 1. The second kappa shape index (κ2) is 7.72. The van der Waals surface area contributed by atoms with E-state index in [9.17, 15) is 13.2 Å². The van der Waals surface area contributed by atoms with E-state index >= 15 is 0 Å². The highest BCUT2D eigenvalue weighted by Crippen LogP contribution is 2.27. The number of sulfonamides is 1. The SMILES string of the molecule is Cn1c(=NC(=O)C2CCCN(S(=O)(=O)c3cccs3)C2)sc2cccc(Cl)c21. The van der Waals surface area contributed by atoms with Gasteiger partial charge in [-0.3, -0.25) is 4.79 Å². The number of amides is 1. The maximum atomic E-state index is 12.8. The molecule has 1 aromatic carbocycles. The third-order valence-electron chi connectivity index (χ3n) is 4.80. The molecule has 1 aliphatic rings. The highest BCUT2D eigenvalue weighted by molar-refractivity contribution is 7.91. The minimum Gasteiger partial charge on any atom is -0.318 e. The summed E-state index contributed by atoms with van der Waals surface area (Å²) in [6.45, 7) is 0.591. The molecule has 0 radical (unpaired) electrons. The zero-order valence-electron chi connectivity index (χ0n) is 15.0. The molecular formula is C18H18ClN3O3S3. The first-order valence-corrected chi connectivity index (χ1v) is 12.3. The number of para-hydroxylation sites is 1. The monoisotopic (exact) mass is 455 g/mol. The number of nitrogens with zero attached hydrogens (tertiary/aromatic N) is 3. The van der Waals surface area contributed by atoms with Gasteiger partial charge in [-0.05, 0) is 36.4 Å². The van der Waals surface area contributed by atoms with Crippen molar-refractivity contribution in [1.82, 2.24) is 8.87 Å². The second-order valence-corrected chi connectivity index (χ2v) is 11.1. The molecule has 0 spiro atoms. The van der Waals surface area contributed by atoms with Crippen LogP contribution < -0.4 is 4.80 Å². The van der Waals surface area contributed by atoms with Gasteiger partial charge in [0.1, 0.15) is 4.21 Å². The predicted molar refractivity (Wildman–Crippen MR) is 112 cm³/mol. The zero-order chi connectivity index (χ0) is 19.9. The third-order valence-corrected chi connectivity index (χ3v) is 9.44. The number of thiophene rings is 1. The lowest BCUT2D eigenvalue weighted by Gasteiger charge is -2.29. The quantitative estimate of drug-likeness (QED) is 0.607. The van der Waals surface area contributed by atoms with E-state index in [0.717, 1.165) is 10.2 Å². The van der Waals surface area contributed by atoms with Crippen molar-refractivity contribution in [2.24, 2.45) is 18.0 Å². The average Bonchev–Trinajstić information content (AvgIpc) is 3.32. The van der Waals surface area contributed by atoms with E-state index < -0.39 is 15.9 Å². The molecule has 1 fully saturated rings. The highest BCUT2D eigenvalue weighted by Gasteiger charge is 2.33. The fourth-order valence-corrected chi connectivity index (χ4v) is 7.43. The highest BCUT2D eigenvalue weighted by atomic mass is 35.5. The molecule has 4 rings (SSSR count). The van der Waals surface area contributed by atoms with Crippen LogP contribution in [0.4, 0.5) is 0 Å². The van der Waals surface area contributed by atoms with E-state index in [-0.39, 0.29) is 12.5 Å². The first kappa shape index (κ1) is 19.8. The van der Waals surface area contributed by atoms with Crippen LogP contribution in [0.1, 0.15) is 12.8 Å². The summed E-state index contributed by atoms with van der Waals surface area (Å²) in [4.78, 5) is 17.7. The van der Waals surface area contributed by atoms with Crippen molar-refractivity contribution < 1.29 is 13.2 Å². The van der Waals surface area contributed by atoms with Gasteiger partial charge in [-0.1, -0.05) is 35.1 Å². The molecule has 1 saturated heterocycles. The molecule has 1 unspecified atom stereocenters. The van der Waals surface area contributed by atoms with Crippen molar-refractivity contribution in [3.05, 3.63) is 45.5 Å². The summed E-state index contributed by atoms with van der Waals surface area (Å²) in [5.74, 6) is -0.728. The maximum Gasteiger partial charge on any atom is 0.252 e. The molecule has 0 aliphatic carbocycles. The molecule has 10 heteroatoms. The van der Waals surface area contributed by atoms with Crippen molar-refractivity contribution in [1.29, 1.82) is 0 Å². The van der Waals surface area contributed by atoms with Gasteiger partial charge < -0.3 is 4.57 Å². The van der Waals surface area contributed by atoms with Gasteiger partial charge in [0, 0.05) is 20.1 Å². The first-order valence-electron chi connectivity index (χ1n) is 8.74. The number of rotatable bonds is 3. The van der Waals surface area contributed by atoms with Gasteiger partial charge in [-0.2, -0.15) is 9.30 Å². The molecule has 6 nitrogen and oxygen atoms in total. The molecule has 1 aliphatic heterocycles. The number of thiazole rings is 1. The normalized spacial score (nSPS) is 19.4. The number of hydrogen-bond donors (Lipinski definition) is 0. The largest absolute Gasteiger partial charge is 0.318 e. The summed E-state index contributed by atoms with van der Waals surface area (Å²) in [5.41, 5.74) is 0.839.